The molecule has 0 heterocycles. The van der Waals surface area contributed by atoms with E-state index in [1.165, 1.54) is 0 Å². The molecule has 0 aromatic carbocycles. The van der Waals surface area contributed by atoms with E-state index in [4.69, 9.17) is 5.73 Å². The van der Waals surface area contributed by atoms with Gasteiger partial charge in [-0.05, 0) is 0 Å². The van der Waals surface area contributed by atoms with Gasteiger partial charge in [-0.25, -0.2) is 0 Å². The van der Waals surface area contributed by atoms with Crippen molar-refractivity contribution in [2.24, 2.45) is 5.73 Å². The Morgan fingerprint density at radius 1 is 1.50 bits per heavy atom. The fourth-order valence-corrected chi connectivity index (χ4v) is 0.839. The van der Waals surface area contributed by atoms with E-state index in [9.17, 15) is 9.59 Å². The minimum absolute atomic E-state index is 0.254. The number of nitrogens with two attached hydrogens (primary N) is 1. The summed E-state index contributed by atoms with van der Waals surface area (Å²) in [4.78, 5) is 21.3. The summed E-state index contributed by atoms with van der Waals surface area (Å²) in [6, 6.07) is -1.23. The van der Waals surface area contributed by atoms with E-state index in [2.05, 4.69) is 30.6 Å². The number of hydrogen-bond donors (Lipinski definition) is 4. The van der Waals surface area contributed by atoms with Gasteiger partial charge in [0.1, 0.15) is 6.29 Å². The zero-order valence-corrected chi connectivity index (χ0v) is 8.22. The largest absolute Gasteiger partial charge is 0.344 e. The van der Waals surface area contributed by atoms with Crippen LogP contribution in [0, 0.1) is 0 Å². The van der Waals surface area contributed by atoms with Gasteiger partial charge in [0.2, 0.25) is 5.91 Å². The topological polar surface area (TPSA) is 72.2 Å². The number of carbonyl (C=O) groups excluding carboxylic acids is 2. The lowest BCUT2D eigenvalue weighted by Gasteiger charge is -2.12. The number of hydrogen-bond acceptors (Lipinski definition) is 5. The van der Waals surface area contributed by atoms with Crippen LogP contribution in [0.15, 0.2) is 0 Å². The lowest BCUT2D eigenvalue weighted by molar-refractivity contribution is -0.124. The molecule has 6 heteroatoms. The van der Waals surface area contributed by atoms with Gasteiger partial charge in [-0.3, -0.25) is 4.79 Å². The molecule has 12 heavy (non-hydrogen) atoms. The summed E-state index contributed by atoms with van der Waals surface area (Å²) in [6.07, 6.45) is 0.621. The first-order chi connectivity index (χ1) is 5.65. The SMILES string of the molecule is NC(CS)C(=O)NC(C=O)CS. The average molecular weight is 208 g/mol. The van der Waals surface area contributed by atoms with Crippen molar-refractivity contribution in [2.45, 2.75) is 12.1 Å². The highest BCUT2D eigenvalue weighted by Gasteiger charge is 2.14. The van der Waals surface area contributed by atoms with Crippen molar-refractivity contribution in [3.63, 3.8) is 0 Å². The van der Waals surface area contributed by atoms with Crippen molar-refractivity contribution in [1.82, 2.24) is 5.32 Å². The normalized spacial score (nSPS) is 14.9. The molecule has 0 aliphatic carbocycles. The Hall–Kier alpha value is -0.200. The molecule has 0 aliphatic rings. The number of amides is 1. The second-order valence-electron chi connectivity index (χ2n) is 2.22. The fourth-order valence-electron chi connectivity index (χ4n) is 0.495. The summed E-state index contributed by atoms with van der Waals surface area (Å²) >= 11 is 7.70. The molecule has 2 unspecified atom stereocenters. The van der Waals surface area contributed by atoms with Gasteiger partial charge in [0, 0.05) is 11.5 Å². The third kappa shape index (κ3) is 3.99. The maximum atomic E-state index is 11.0. The maximum absolute atomic E-state index is 11.0. The van der Waals surface area contributed by atoms with Crippen LogP contribution in [0.2, 0.25) is 0 Å². The Morgan fingerprint density at radius 3 is 2.42 bits per heavy atom. The first kappa shape index (κ1) is 11.8. The van der Waals surface area contributed by atoms with Gasteiger partial charge in [-0.15, -0.1) is 0 Å². The lowest BCUT2D eigenvalue weighted by Crippen LogP contribution is -2.47. The maximum Gasteiger partial charge on any atom is 0.238 e. The Labute approximate surface area is 82.1 Å². The van der Waals surface area contributed by atoms with Crippen LogP contribution >= 0.6 is 25.3 Å². The van der Waals surface area contributed by atoms with Crippen LogP contribution in [0.1, 0.15) is 0 Å². The predicted octanol–water partition coefficient (Wildman–Crippen LogP) is -1.14. The third-order valence-corrected chi connectivity index (χ3v) is 2.01. The van der Waals surface area contributed by atoms with Crippen molar-refractivity contribution < 1.29 is 9.59 Å². The molecule has 1 amide bonds. The number of rotatable bonds is 5. The minimum Gasteiger partial charge on any atom is -0.344 e. The summed E-state index contributed by atoms with van der Waals surface area (Å²) in [5.41, 5.74) is 5.34. The molecule has 2 atom stereocenters. The second kappa shape index (κ2) is 6.33. The number of nitrogens with one attached hydrogen (secondary N) is 1. The molecular weight excluding hydrogens is 196 g/mol. The van der Waals surface area contributed by atoms with Crippen LogP contribution in [0.5, 0.6) is 0 Å². The summed E-state index contributed by atoms with van der Waals surface area (Å²) in [5.74, 6) is 0.148. The molecule has 0 rings (SSSR count). The van der Waals surface area contributed by atoms with Gasteiger partial charge in [0.15, 0.2) is 0 Å². The number of carbonyl (C=O) groups is 2. The van der Waals surface area contributed by atoms with Gasteiger partial charge in [-0.1, -0.05) is 0 Å². The molecule has 3 N–H and O–H groups in total. The Kier molecular flexibility index (Phi) is 6.23. The monoisotopic (exact) mass is 208 g/mol. The molecule has 0 aromatic heterocycles. The molecule has 0 spiro atoms. The van der Waals surface area contributed by atoms with Crippen LogP contribution in [0.25, 0.3) is 0 Å². The van der Waals surface area contributed by atoms with E-state index in [1.807, 2.05) is 0 Å². The molecule has 70 valence electrons. The molecule has 0 aliphatic heterocycles. The predicted molar refractivity (Wildman–Crippen MR) is 53.7 cm³/mol. The first-order valence-electron chi connectivity index (χ1n) is 3.38. The smallest absolute Gasteiger partial charge is 0.238 e. The molecular formula is C6H12N2O2S2. The summed E-state index contributed by atoms with van der Waals surface area (Å²) in [5, 5.41) is 2.41. The standard InChI is InChI=1S/C6H12N2O2S2/c7-5(3-12)6(10)8-4(1-9)2-11/h1,4-5,11-12H,2-3,7H2,(H,8,10). The van der Waals surface area contributed by atoms with E-state index in [1.54, 1.807) is 0 Å². The quantitative estimate of drug-likeness (QED) is 0.341. The van der Waals surface area contributed by atoms with Crippen LogP contribution in [-0.4, -0.2) is 35.8 Å². The zero-order valence-electron chi connectivity index (χ0n) is 6.43. The molecule has 0 saturated heterocycles. The summed E-state index contributed by atoms with van der Waals surface area (Å²) in [6.45, 7) is 0. The Morgan fingerprint density at radius 2 is 2.08 bits per heavy atom. The van der Waals surface area contributed by atoms with Gasteiger partial charge >= 0.3 is 0 Å². The number of aldehydes is 1. The van der Waals surface area contributed by atoms with Crippen molar-refractivity contribution in [3.05, 3.63) is 0 Å². The van der Waals surface area contributed by atoms with Crippen LogP contribution < -0.4 is 11.1 Å². The molecule has 0 saturated carbocycles. The molecule has 0 radical (unpaired) electrons. The van der Waals surface area contributed by atoms with Gasteiger partial charge < -0.3 is 15.8 Å². The van der Waals surface area contributed by atoms with Crippen molar-refractivity contribution in [3.8, 4) is 0 Å². The van der Waals surface area contributed by atoms with Crippen LogP contribution in [0.4, 0.5) is 0 Å². The van der Waals surface area contributed by atoms with Gasteiger partial charge in [-0.2, -0.15) is 25.3 Å². The molecule has 0 fully saturated rings. The molecule has 4 nitrogen and oxygen atoms in total. The highest BCUT2D eigenvalue weighted by atomic mass is 32.1. The van der Waals surface area contributed by atoms with E-state index in [-0.39, 0.29) is 17.4 Å². The summed E-state index contributed by atoms with van der Waals surface area (Å²) < 4.78 is 0. The average Bonchev–Trinajstić information content (AvgIpc) is 2.12. The molecule has 0 bridgehead atoms. The highest BCUT2D eigenvalue weighted by molar-refractivity contribution is 7.80. The fraction of sp³-hybridized carbons (Fsp3) is 0.667. The van der Waals surface area contributed by atoms with E-state index in [0.29, 0.717) is 6.29 Å². The highest BCUT2D eigenvalue weighted by Crippen LogP contribution is 1.87. The first-order valence-corrected chi connectivity index (χ1v) is 4.65. The van der Waals surface area contributed by atoms with Crippen molar-refractivity contribution in [2.75, 3.05) is 11.5 Å². The van der Waals surface area contributed by atoms with Crippen molar-refractivity contribution in [1.29, 1.82) is 0 Å². The van der Waals surface area contributed by atoms with Gasteiger partial charge in [0.05, 0.1) is 12.1 Å². The van der Waals surface area contributed by atoms with Crippen LogP contribution in [0.3, 0.4) is 0 Å². The second-order valence-corrected chi connectivity index (χ2v) is 2.95. The van der Waals surface area contributed by atoms with Crippen molar-refractivity contribution >= 4 is 37.5 Å². The Balaban J connectivity index is 3.89. The van der Waals surface area contributed by atoms with Crippen LogP contribution in [-0.2, 0) is 9.59 Å². The van der Waals surface area contributed by atoms with E-state index < -0.39 is 12.1 Å². The third-order valence-electron chi connectivity index (χ3n) is 1.22. The summed E-state index contributed by atoms with van der Waals surface area (Å²) in [7, 11) is 0. The number of thiol groups is 2. The van der Waals surface area contributed by atoms with E-state index in [0.717, 1.165) is 0 Å². The molecule has 0 aromatic rings. The lowest BCUT2D eigenvalue weighted by atomic mass is 10.3. The minimum atomic E-state index is -0.671. The Bertz CT molecular complexity index is 166. The van der Waals surface area contributed by atoms with Gasteiger partial charge in [0.25, 0.3) is 0 Å². The van der Waals surface area contributed by atoms with E-state index >= 15 is 0 Å². The zero-order chi connectivity index (χ0) is 9.56.